The van der Waals surface area contributed by atoms with Crippen molar-refractivity contribution in [3.63, 3.8) is 0 Å². The van der Waals surface area contributed by atoms with Crippen LogP contribution in [0, 0.1) is 32.1 Å². The zero-order chi connectivity index (χ0) is 27.6. The highest BCUT2D eigenvalue weighted by molar-refractivity contribution is 5.92. The van der Waals surface area contributed by atoms with Crippen molar-refractivity contribution in [2.75, 3.05) is 19.5 Å². The Hall–Kier alpha value is -4.23. The third-order valence-corrected chi connectivity index (χ3v) is 6.27. The summed E-state index contributed by atoms with van der Waals surface area (Å²) in [5.74, 6) is 1.57. The monoisotopic (exact) mass is 524 g/mol. The second kappa shape index (κ2) is 10.6. The number of aryl methyl sites for hydroxylation is 2. The van der Waals surface area contributed by atoms with Crippen molar-refractivity contribution < 1.29 is 27.4 Å². The molecule has 7 nitrogen and oxygen atoms in total. The summed E-state index contributed by atoms with van der Waals surface area (Å²) < 4.78 is 55.5. The number of pyridine rings is 1. The van der Waals surface area contributed by atoms with Gasteiger partial charge >= 0.3 is 6.18 Å². The number of nitriles is 1. The van der Waals surface area contributed by atoms with E-state index in [2.05, 4.69) is 11.1 Å². The molecule has 2 N–H and O–H groups in total. The van der Waals surface area contributed by atoms with Crippen molar-refractivity contribution in [1.82, 2.24) is 9.55 Å². The fourth-order valence-corrected chi connectivity index (χ4v) is 4.32. The minimum Gasteiger partial charge on any atom is -0.497 e. The number of fused-ring (bicyclic) bond motifs is 1. The third-order valence-electron chi connectivity index (χ3n) is 6.27. The van der Waals surface area contributed by atoms with Crippen LogP contribution in [0.4, 0.5) is 19.0 Å². The summed E-state index contributed by atoms with van der Waals surface area (Å²) in [6, 6.07) is 15.1. The van der Waals surface area contributed by atoms with Gasteiger partial charge in [0.1, 0.15) is 47.8 Å². The fraction of sp³-hybridized carbons (Fsp3) is 0.286. The predicted molar refractivity (Wildman–Crippen MR) is 137 cm³/mol. The summed E-state index contributed by atoms with van der Waals surface area (Å²) >= 11 is 0. The van der Waals surface area contributed by atoms with E-state index in [1.165, 1.54) is 0 Å². The van der Waals surface area contributed by atoms with Gasteiger partial charge < -0.3 is 19.9 Å². The van der Waals surface area contributed by atoms with Gasteiger partial charge in [0.15, 0.2) is 0 Å². The van der Waals surface area contributed by atoms with Gasteiger partial charge in [-0.15, -0.1) is 0 Å². The van der Waals surface area contributed by atoms with Gasteiger partial charge in [0.2, 0.25) is 0 Å². The zero-order valence-electron chi connectivity index (χ0n) is 21.4. The Kier molecular flexibility index (Phi) is 7.51. The molecule has 0 unspecified atom stereocenters. The van der Waals surface area contributed by atoms with Crippen LogP contribution in [0.5, 0.6) is 11.5 Å². The number of rotatable bonds is 8. The van der Waals surface area contributed by atoms with Crippen molar-refractivity contribution in [1.29, 1.82) is 5.26 Å². The number of anilines is 1. The van der Waals surface area contributed by atoms with Crippen molar-refractivity contribution in [2.45, 2.75) is 40.2 Å². The molecule has 0 aliphatic heterocycles. The number of hydrogen-bond donors (Lipinski definition) is 1. The molecule has 198 valence electrons. The number of aromatic nitrogens is 2. The average molecular weight is 525 g/mol. The molecule has 4 aromatic rings. The maximum absolute atomic E-state index is 12.5. The number of alkyl halides is 3. The molecule has 2 aromatic heterocycles. The van der Waals surface area contributed by atoms with Crippen LogP contribution >= 0.6 is 0 Å². The second-order valence-electron chi connectivity index (χ2n) is 8.91. The van der Waals surface area contributed by atoms with Crippen molar-refractivity contribution in [3.05, 3.63) is 76.0 Å². The van der Waals surface area contributed by atoms with Crippen LogP contribution < -0.4 is 15.2 Å². The van der Waals surface area contributed by atoms with E-state index in [9.17, 15) is 18.4 Å². The van der Waals surface area contributed by atoms with Gasteiger partial charge in [-0.1, -0.05) is 18.2 Å². The van der Waals surface area contributed by atoms with Crippen molar-refractivity contribution >= 4 is 16.9 Å². The number of hydrogen-bond acceptors (Lipinski definition) is 6. The summed E-state index contributed by atoms with van der Waals surface area (Å²) in [6.07, 6.45) is -4.44. The Morgan fingerprint density at radius 3 is 2.39 bits per heavy atom. The van der Waals surface area contributed by atoms with E-state index in [1.54, 1.807) is 24.7 Å². The zero-order valence-corrected chi connectivity index (χ0v) is 21.4. The number of nitrogen functional groups attached to an aromatic ring is 1. The molecule has 0 saturated carbocycles. The molecule has 38 heavy (non-hydrogen) atoms. The Bertz CT molecular complexity index is 1520. The standard InChI is InChI=1S/C28H27F3N4O3/c1-16-5-10-24(38-13-19-6-8-21(36-4)9-7-19)17(2)25(16)35-26(33)23(12-32)22-11-20(18(3)34-27(22)35)14-37-15-28(29,30)31/h5-11H,13-15,33H2,1-4H3. The highest BCUT2D eigenvalue weighted by Crippen LogP contribution is 2.37. The topological polar surface area (TPSA) is 95.3 Å². The van der Waals surface area contributed by atoms with Gasteiger partial charge in [-0.2, -0.15) is 18.4 Å². The van der Waals surface area contributed by atoms with E-state index in [1.807, 2.05) is 50.2 Å². The quantitative estimate of drug-likeness (QED) is 0.301. The molecular weight excluding hydrogens is 497 g/mol. The molecule has 0 amide bonds. The molecule has 4 rings (SSSR count). The highest BCUT2D eigenvalue weighted by Gasteiger charge is 2.28. The second-order valence-corrected chi connectivity index (χ2v) is 8.91. The molecule has 2 aromatic carbocycles. The first-order valence-corrected chi connectivity index (χ1v) is 11.7. The van der Waals surface area contributed by atoms with Gasteiger partial charge in [-0.3, -0.25) is 4.57 Å². The maximum Gasteiger partial charge on any atom is 0.411 e. The number of benzene rings is 2. The largest absolute Gasteiger partial charge is 0.497 e. The molecule has 0 fully saturated rings. The van der Waals surface area contributed by atoms with Gasteiger partial charge in [0.25, 0.3) is 0 Å². The molecule has 0 saturated heterocycles. The highest BCUT2D eigenvalue weighted by atomic mass is 19.4. The number of halogens is 3. The Morgan fingerprint density at radius 1 is 1.05 bits per heavy atom. The lowest BCUT2D eigenvalue weighted by Crippen LogP contribution is -2.17. The molecule has 0 radical (unpaired) electrons. The van der Waals surface area contributed by atoms with E-state index in [0.29, 0.717) is 40.3 Å². The van der Waals surface area contributed by atoms with Crippen LogP contribution in [0.2, 0.25) is 0 Å². The lowest BCUT2D eigenvalue weighted by atomic mass is 10.1. The van der Waals surface area contributed by atoms with Gasteiger partial charge in [0, 0.05) is 16.6 Å². The molecule has 0 aliphatic rings. The first kappa shape index (κ1) is 26.8. The summed E-state index contributed by atoms with van der Waals surface area (Å²) in [6.45, 7) is 4.16. The number of methoxy groups -OCH3 is 1. The van der Waals surface area contributed by atoms with E-state index in [-0.39, 0.29) is 18.0 Å². The molecule has 0 spiro atoms. The molecular formula is C28H27F3N4O3. The lowest BCUT2D eigenvalue weighted by Gasteiger charge is -2.18. The average Bonchev–Trinajstić information content (AvgIpc) is 3.13. The van der Waals surface area contributed by atoms with Gasteiger partial charge in [-0.25, -0.2) is 4.98 Å². The molecule has 0 atom stereocenters. The van der Waals surface area contributed by atoms with Crippen LogP contribution in [0.3, 0.4) is 0 Å². The number of nitrogens with zero attached hydrogens (tertiary/aromatic N) is 3. The summed E-state index contributed by atoms with van der Waals surface area (Å²) in [7, 11) is 1.61. The van der Waals surface area contributed by atoms with Crippen molar-refractivity contribution in [2.24, 2.45) is 0 Å². The van der Waals surface area contributed by atoms with Gasteiger partial charge in [-0.05, 0) is 61.7 Å². The van der Waals surface area contributed by atoms with Crippen LogP contribution in [-0.2, 0) is 18.0 Å². The van der Waals surface area contributed by atoms with Crippen molar-refractivity contribution in [3.8, 4) is 23.3 Å². The van der Waals surface area contributed by atoms with Gasteiger partial charge in [0.05, 0.1) is 19.4 Å². The molecule has 10 heteroatoms. The molecule has 0 bridgehead atoms. The predicted octanol–water partition coefficient (Wildman–Crippen LogP) is 6.07. The Balaban J connectivity index is 1.74. The molecule has 2 heterocycles. The number of nitrogens with two attached hydrogens (primary N) is 1. The Morgan fingerprint density at radius 2 is 1.76 bits per heavy atom. The first-order chi connectivity index (χ1) is 18.0. The van der Waals surface area contributed by atoms with E-state index in [0.717, 1.165) is 22.4 Å². The minimum absolute atomic E-state index is 0.182. The van der Waals surface area contributed by atoms with E-state index in [4.69, 9.17) is 19.9 Å². The summed E-state index contributed by atoms with van der Waals surface area (Å²) in [4.78, 5) is 4.64. The normalized spacial score (nSPS) is 11.5. The van der Waals surface area contributed by atoms with Crippen LogP contribution in [-0.4, -0.2) is 29.4 Å². The van der Waals surface area contributed by atoms with E-state index < -0.39 is 12.8 Å². The Labute approximate surface area is 218 Å². The summed E-state index contributed by atoms with van der Waals surface area (Å²) in [5, 5.41) is 10.3. The molecule has 0 aliphatic carbocycles. The maximum atomic E-state index is 12.5. The SMILES string of the molecule is COc1ccc(COc2ccc(C)c(-n3c(N)c(C#N)c4cc(COCC(F)(F)F)c(C)nc43)c2C)cc1. The minimum atomic E-state index is -4.44. The van der Waals surface area contributed by atoms with Crippen LogP contribution in [0.1, 0.15) is 33.5 Å². The summed E-state index contributed by atoms with van der Waals surface area (Å²) in [5.41, 5.74) is 11.4. The third kappa shape index (κ3) is 5.38. The first-order valence-electron chi connectivity index (χ1n) is 11.7. The van der Waals surface area contributed by atoms with Crippen LogP contribution in [0.25, 0.3) is 16.7 Å². The van der Waals surface area contributed by atoms with E-state index >= 15 is 0 Å². The number of ether oxygens (including phenoxy) is 3. The fourth-order valence-electron chi connectivity index (χ4n) is 4.32. The lowest BCUT2D eigenvalue weighted by molar-refractivity contribution is -0.176. The smallest absolute Gasteiger partial charge is 0.411 e. The van der Waals surface area contributed by atoms with Crippen LogP contribution in [0.15, 0.2) is 42.5 Å².